The number of aliphatic hydroxyl groups excluding tert-OH is 2. The maximum Gasteiger partial charge on any atom is 0.333 e. The van der Waals surface area contributed by atoms with Crippen LogP contribution in [0.2, 0.25) is 0 Å². The van der Waals surface area contributed by atoms with E-state index >= 15 is 0 Å². The summed E-state index contributed by atoms with van der Waals surface area (Å²) in [6.45, 7) is 3.26. The lowest BCUT2D eigenvalue weighted by Gasteiger charge is -2.18. The molecule has 4 atom stereocenters. The number of aryl methyl sites for hydroxylation is 1. The van der Waals surface area contributed by atoms with Crippen LogP contribution >= 0.6 is 0 Å². The lowest BCUT2D eigenvalue weighted by atomic mass is 10.2. The molecule has 1 aliphatic rings. The fourth-order valence-corrected chi connectivity index (χ4v) is 2.44. The molecule has 1 aromatic rings. The monoisotopic (exact) mass is 308 g/mol. The van der Waals surface area contributed by atoms with Gasteiger partial charge in [-0.1, -0.05) is 12.8 Å². The van der Waals surface area contributed by atoms with E-state index in [4.69, 9.17) is 11.2 Å². The first-order valence-electron chi connectivity index (χ1n) is 7.19. The second kappa shape index (κ2) is 6.48. The number of rotatable bonds is 4. The highest BCUT2D eigenvalue weighted by Crippen LogP contribution is 2.27. The molecular weight excluding hydrogens is 288 g/mol. The maximum atomic E-state index is 12.5. The van der Waals surface area contributed by atoms with Gasteiger partial charge in [0.1, 0.15) is 12.3 Å². The number of hydrogen-bond acceptors (Lipinski definition) is 5. The van der Waals surface area contributed by atoms with Gasteiger partial charge in [0.15, 0.2) is 0 Å². The molecule has 1 aliphatic heterocycles. The van der Waals surface area contributed by atoms with Gasteiger partial charge in [-0.15, -0.1) is 6.42 Å². The minimum atomic E-state index is -0.858. The van der Waals surface area contributed by atoms with Crippen molar-refractivity contribution in [2.75, 3.05) is 0 Å². The van der Waals surface area contributed by atoms with Crippen molar-refractivity contribution in [1.29, 1.82) is 0 Å². The molecule has 0 aromatic carbocycles. The van der Waals surface area contributed by atoms with E-state index in [-0.39, 0.29) is 13.0 Å². The SMILES string of the molecule is C#C[C@H]1O[C@@H](n2cc(C)c(=O)n(CC(O)CC)c2=O)C[C@@H]1O. The summed E-state index contributed by atoms with van der Waals surface area (Å²) in [6.07, 6.45) is 4.11. The third-order valence-electron chi connectivity index (χ3n) is 3.80. The average molecular weight is 308 g/mol. The molecule has 1 saturated heterocycles. The van der Waals surface area contributed by atoms with Gasteiger partial charge in [-0.2, -0.15) is 0 Å². The van der Waals surface area contributed by atoms with Gasteiger partial charge < -0.3 is 14.9 Å². The van der Waals surface area contributed by atoms with Crippen LogP contribution in [0, 0.1) is 19.3 Å². The van der Waals surface area contributed by atoms with Crippen LogP contribution in [0.25, 0.3) is 0 Å². The largest absolute Gasteiger partial charge is 0.391 e. The molecule has 2 heterocycles. The molecule has 0 bridgehead atoms. The van der Waals surface area contributed by atoms with E-state index < -0.39 is 35.8 Å². The Morgan fingerprint density at radius 2 is 2.23 bits per heavy atom. The zero-order valence-corrected chi connectivity index (χ0v) is 12.6. The number of ether oxygens (including phenoxy) is 1. The van der Waals surface area contributed by atoms with Gasteiger partial charge in [-0.05, 0) is 13.3 Å². The summed E-state index contributed by atoms with van der Waals surface area (Å²) in [5, 5.41) is 19.5. The Balaban J connectivity index is 2.44. The van der Waals surface area contributed by atoms with Crippen LogP contribution in [-0.2, 0) is 11.3 Å². The Labute approximate surface area is 127 Å². The molecule has 1 unspecified atom stereocenters. The summed E-state index contributed by atoms with van der Waals surface area (Å²) < 4.78 is 7.71. The number of hydrogen-bond donors (Lipinski definition) is 2. The fourth-order valence-electron chi connectivity index (χ4n) is 2.44. The van der Waals surface area contributed by atoms with Crippen LogP contribution in [0.15, 0.2) is 15.8 Å². The van der Waals surface area contributed by atoms with E-state index in [0.717, 1.165) is 4.57 Å². The van der Waals surface area contributed by atoms with Crippen molar-refractivity contribution < 1.29 is 14.9 Å². The summed E-state index contributed by atoms with van der Waals surface area (Å²) in [5.41, 5.74) is -0.677. The van der Waals surface area contributed by atoms with E-state index in [1.165, 1.54) is 10.8 Å². The zero-order chi connectivity index (χ0) is 16.4. The van der Waals surface area contributed by atoms with E-state index in [9.17, 15) is 19.8 Å². The van der Waals surface area contributed by atoms with Gasteiger partial charge in [-0.25, -0.2) is 4.79 Å². The Morgan fingerprint density at radius 3 is 2.77 bits per heavy atom. The number of aliphatic hydroxyl groups is 2. The molecule has 0 aliphatic carbocycles. The van der Waals surface area contributed by atoms with Gasteiger partial charge in [0.2, 0.25) is 0 Å². The molecular formula is C15H20N2O5. The Bertz CT molecular complexity index is 699. The van der Waals surface area contributed by atoms with Gasteiger partial charge in [0.05, 0.1) is 18.8 Å². The molecule has 120 valence electrons. The number of nitrogens with zero attached hydrogens (tertiary/aromatic N) is 2. The average Bonchev–Trinajstić information content (AvgIpc) is 2.87. The Kier molecular flexibility index (Phi) is 4.86. The highest BCUT2D eigenvalue weighted by atomic mass is 16.5. The molecule has 0 radical (unpaired) electrons. The minimum Gasteiger partial charge on any atom is -0.391 e. The first-order valence-corrected chi connectivity index (χ1v) is 7.19. The molecule has 7 heteroatoms. The first-order chi connectivity index (χ1) is 10.4. The Hall–Kier alpha value is -1.88. The van der Waals surface area contributed by atoms with Crippen molar-refractivity contribution in [1.82, 2.24) is 9.13 Å². The topological polar surface area (TPSA) is 93.7 Å². The van der Waals surface area contributed by atoms with Crippen molar-refractivity contribution >= 4 is 0 Å². The predicted octanol–water partition coefficient (Wildman–Crippen LogP) is -0.629. The smallest absolute Gasteiger partial charge is 0.333 e. The van der Waals surface area contributed by atoms with Crippen LogP contribution in [-0.4, -0.2) is 37.7 Å². The van der Waals surface area contributed by atoms with E-state index in [0.29, 0.717) is 12.0 Å². The van der Waals surface area contributed by atoms with E-state index in [1.807, 2.05) is 0 Å². The summed E-state index contributed by atoms with van der Waals surface area (Å²) in [6, 6.07) is 0. The van der Waals surface area contributed by atoms with Gasteiger partial charge in [0.25, 0.3) is 5.56 Å². The Morgan fingerprint density at radius 1 is 1.55 bits per heavy atom. The number of aromatic nitrogens is 2. The lowest BCUT2D eigenvalue weighted by Crippen LogP contribution is -2.44. The molecule has 1 aromatic heterocycles. The summed E-state index contributed by atoms with van der Waals surface area (Å²) in [7, 11) is 0. The van der Waals surface area contributed by atoms with Crippen molar-refractivity contribution in [3.63, 3.8) is 0 Å². The van der Waals surface area contributed by atoms with Crippen molar-refractivity contribution in [2.24, 2.45) is 0 Å². The third kappa shape index (κ3) is 2.99. The van der Waals surface area contributed by atoms with Crippen molar-refractivity contribution in [3.05, 3.63) is 32.6 Å². The second-order valence-corrected chi connectivity index (χ2v) is 5.46. The van der Waals surface area contributed by atoms with Crippen molar-refractivity contribution in [3.8, 4) is 12.3 Å². The standard InChI is InChI=1S/C15H20N2O5/c1-4-10(18)8-17-14(20)9(3)7-16(15(17)21)13-6-11(19)12(5-2)22-13/h2,7,10-13,18-19H,4,6,8H2,1,3H3/t10?,11-,12+,13+/m0/s1. The molecule has 7 nitrogen and oxygen atoms in total. The second-order valence-electron chi connectivity index (χ2n) is 5.46. The molecule has 2 rings (SSSR count). The summed E-state index contributed by atoms with van der Waals surface area (Å²) in [4.78, 5) is 24.6. The highest BCUT2D eigenvalue weighted by molar-refractivity contribution is 5.06. The zero-order valence-electron chi connectivity index (χ0n) is 12.6. The summed E-state index contributed by atoms with van der Waals surface area (Å²) >= 11 is 0. The van der Waals surface area contributed by atoms with Crippen LogP contribution in [0.4, 0.5) is 0 Å². The van der Waals surface area contributed by atoms with Gasteiger partial charge >= 0.3 is 5.69 Å². The highest BCUT2D eigenvalue weighted by Gasteiger charge is 2.34. The molecule has 0 saturated carbocycles. The quantitative estimate of drug-likeness (QED) is 0.723. The van der Waals surface area contributed by atoms with Gasteiger partial charge in [-0.3, -0.25) is 13.9 Å². The maximum absolute atomic E-state index is 12.5. The minimum absolute atomic E-state index is 0.0797. The van der Waals surface area contributed by atoms with Crippen molar-refractivity contribution in [2.45, 2.75) is 57.8 Å². The first kappa shape index (κ1) is 16.5. The van der Waals surface area contributed by atoms with E-state index in [1.54, 1.807) is 13.8 Å². The fraction of sp³-hybridized carbons (Fsp3) is 0.600. The molecule has 0 amide bonds. The van der Waals surface area contributed by atoms with Crippen LogP contribution in [0.5, 0.6) is 0 Å². The van der Waals surface area contributed by atoms with Crippen LogP contribution < -0.4 is 11.2 Å². The van der Waals surface area contributed by atoms with E-state index in [2.05, 4.69) is 5.92 Å². The normalized spacial score (nSPS) is 25.9. The third-order valence-corrected chi connectivity index (χ3v) is 3.80. The predicted molar refractivity (Wildman–Crippen MR) is 79.4 cm³/mol. The van der Waals surface area contributed by atoms with Crippen LogP contribution in [0.1, 0.15) is 31.6 Å². The number of terminal acetylenes is 1. The molecule has 22 heavy (non-hydrogen) atoms. The molecule has 2 N–H and O–H groups in total. The van der Waals surface area contributed by atoms with Crippen LogP contribution in [0.3, 0.4) is 0 Å². The molecule has 0 spiro atoms. The molecule has 1 fully saturated rings. The lowest BCUT2D eigenvalue weighted by molar-refractivity contribution is 0.00841. The summed E-state index contributed by atoms with van der Waals surface area (Å²) in [5.74, 6) is 2.32. The van der Waals surface area contributed by atoms with Gasteiger partial charge in [0, 0.05) is 18.2 Å².